The number of carbonyl (C=O) groups is 2. The number of primary amides is 1. The van der Waals surface area contributed by atoms with Crippen LogP contribution >= 0.6 is 0 Å². The van der Waals surface area contributed by atoms with Crippen LogP contribution in [-0.2, 0) is 10.2 Å². The van der Waals surface area contributed by atoms with Crippen molar-refractivity contribution in [2.24, 2.45) is 11.7 Å². The number of rotatable bonds is 7. The molecule has 0 heterocycles. The number of hydrogen-bond donors (Lipinski definition) is 3. The van der Waals surface area contributed by atoms with Gasteiger partial charge in [-0.05, 0) is 24.3 Å². The van der Waals surface area contributed by atoms with Gasteiger partial charge in [-0.25, -0.2) is 4.79 Å². The van der Waals surface area contributed by atoms with Gasteiger partial charge in [0.25, 0.3) is 0 Å². The molecule has 0 spiro atoms. The van der Waals surface area contributed by atoms with Gasteiger partial charge in [0.1, 0.15) is 6.04 Å². The van der Waals surface area contributed by atoms with E-state index in [1.807, 2.05) is 32.0 Å². The van der Waals surface area contributed by atoms with Crippen molar-refractivity contribution >= 4 is 11.9 Å². The molecule has 1 fully saturated rings. The number of benzene rings is 1. The van der Waals surface area contributed by atoms with Gasteiger partial charge in [0.15, 0.2) is 0 Å². The van der Waals surface area contributed by atoms with Crippen molar-refractivity contribution < 1.29 is 9.59 Å². The molecule has 5 nitrogen and oxygen atoms in total. The fraction of sp³-hybridized carbons (Fsp3) is 0.529. The molecular weight excluding hydrogens is 278 g/mol. The Morgan fingerprint density at radius 1 is 1.27 bits per heavy atom. The van der Waals surface area contributed by atoms with Gasteiger partial charge in [0, 0.05) is 12.0 Å². The van der Waals surface area contributed by atoms with Gasteiger partial charge in [0.2, 0.25) is 5.91 Å². The van der Waals surface area contributed by atoms with E-state index >= 15 is 0 Å². The van der Waals surface area contributed by atoms with E-state index in [0.717, 1.165) is 19.3 Å². The molecule has 2 atom stereocenters. The van der Waals surface area contributed by atoms with Gasteiger partial charge >= 0.3 is 6.03 Å². The van der Waals surface area contributed by atoms with Crippen molar-refractivity contribution in [1.82, 2.24) is 10.6 Å². The molecule has 0 unspecified atom stereocenters. The third kappa shape index (κ3) is 3.78. The normalized spacial score (nSPS) is 18.1. The van der Waals surface area contributed by atoms with Crippen LogP contribution < -0.4 is 16.4 Å². The zero-order chi connectivity index (χ0) is 16.2. The molecule has 1 aliphatic rings. The van der Waals surface area contributed by atoms with Crippen molar-refractivity contribution in [3.05, 3.63) is 35.9 Å². The third-order valence-corrected chi connectivity index (χ3v) is 4.63. The van der Waals surface area contributed by atoms with E-state index < -0.39 is 12.1 Å². The molecule has 0 saturated heterocycles. The standard InChI is InChI=1S/C17H25N3O2/c1-3-12(2)14(20-16(18)22)15(21)19-11-17(9-10-17)13-7-5-4-6-8-13/h4-8,12,14H,3,9-11H2,1-2H3,(H,19,21)(H3,18,20,22)/t12-,14-/m0/s1. The first-order valence-electron chi connectivity index (χ1n) is 7.88. The molecule has 5 heteroatoms. The lowest BCUT2D eigenvalue weighted by molar-refractivity contribution is -0.124. The highest BCUT2D eigenvalue weighted by Crippen LogP contribution is 2.47. The summed E-state index contributed by atoms with van der Waals surface area (Å²) < 4.78 is 0. The lowest BCUT2D eigenvalue weighted by Gasteiger charge is -2.24. The number of amides is 3. The average Bonchev–Trinajstić information content (AvgIpc) is 3.31. The maximum atomic E-state index is 12.4. The molecule has 3 amide bonds. The predicted octanol–water partition coefficient (Wildman–Crippen LogP) is 1.92. The van der Waals surface area contributed by atoms with Gasteiger partial charge in [-0.1, -0.05) is 50.6 Å². The predicted molar refractivity (Wildman–Crippen MR) is 86.3 cm³/mol. The minimum absolute atomic E-state index is 0.0411. The molecule has 4 N–H and O–H groups in total. The summed E-state index contributed by atoms with van der Waals surface area (Å²) in [5.41, 5.74) is 6.50. The fourth-order valence-corrected chi connectivity index (χ4v) is 2.73. The van der Waals surface area contributed by atoms with E-state index in [4.69, 9.17) is 5.73 Å². The van der Waals surface area contributed by atoms with Crippen LogP contribution in [-0.4, -0.2) is 24.5 Å². The van der Waals surface area contributed by atoms with Crippen LogP contribution in [0.1, 0.15) is 38.7 Å². The molecular formula is C17H25N3O2. The smallest absolute Gasteiger partial charge is 0.312 e. The second-order valence-electron chi connectivity index (χ2n) is 6.24. The lowest BCUT2D eigenvalue weighted by atomic mass is 9.95. The summed E-state index contributed by atoms with van der Waals surface area (Å²) in [5, 5.41) is 5.55. The summed E-state index contributed by atoms with van der Waals surface area (Å²) in [6.45, 7) is 4.52. The van der Waals surface area contributed by atoms with Crippen molar-refractivity contribution in [3.63, 3.8) is 0 Å². The van der Waals surface area contributed by atoms with Crippen molar-refractivity contribution in [2.75, 3.05) is 6.54 Å². The van der Waals surface area contributed by atoms with Gasteiger partial charge in [-0.2, -0.15) is 0 Å². The average molecular weight is 303 g/mol. The van der Waals surface area contributed by atoms with Crippen LogP contribution in [0.15, 0.2) is 30.3 Å². The molecule has 22 heavy (non-hydrogen) atoms. The Kier molecular flexibility index (Phi) is 5.06. The molecule has 1 aliphatic carbocycles. The first-order valence-corrected chi connectivity index (χ1v) is 7.88. The summed E-state index contributed by atoms with van der Waals surface area (Å²) >= 11 is 0. The quantitative estimate of drug-likeness (QED) is 0.719. The lowest BCUT2D eigenvalue weighted by Crippen LogP contribution is -2.52. The Hall–Kier alpha value is -2.04. The second-order valence-corrected chi connectivity index (χ2v) is 6.24. The first kappa shape index (κ1) is 16.3. The molecule has 0 aliphatic heterocycles. The first-order chi connectivity index (χ1) is 10.5. The van der Waals surface area contributed by atoms with Crippen LogP contribution in [0.25, 0.3) is 0 Å². The monoisotopic (exact) mass is 303 g/mol. The van der Waals surface area contributed by atoms with Gasteiger partial charge in [-0.15, -0.1) is 0 Å². The molecule has 1 aromatic rings. The maximum Gasteiger partial charge on any atom is 0.312 e. The number of urea groups is 1. The zero-order valence-electron chi connectivity index (χ0n) is 13.3. The van der Waals surface area contributed by atoms with E-state index in [1.165, 1.54) is 5.56 Å². The highest BCUT2D eigenvalue weighted by atomic mass is 16.2. The zero-order valence-corrected chi connectivity index (χ0v) is 13.3. The fourth-order valence-electron chi connectivity index (χ4n) is 2.73. The van der Waals surface area contributed by atoms with E-state index in [2.05, 4.69) is 22.8 Å². The third-order valence-electron chi connectivity index (χ3n) is 4.63. The van der Waals surface area contributed by atoms with Crippen LogP contribution in [0.4, 0.5) is 4.79 Å². The van der Waals surface area contributed by atoms with Crippen molar-refractivity contribution in [3.8, 4) is 0 Å². The van der Waals surface area contributed by atoms with Gasteiger partial charge in [0.05, 0.1) is 0 Å². The molecule has 1 saturated carbocycles. The molecule has 1 aromatic carbocycles. The van der Waals surface area contributed by atoms with Crippen LogP contribution in [0, 0.1) is 5.92 Å². The summed E-state index contributed by atoms with van der Waals surface area (Å²) in [7, 11) is 0. The molecule has 0 radical (unpaired) electrons. The Bertz CT molecular complexity index is 526. The van der Waals surface area contributed by atoms with E-state index in [-0.39, 0.29) is 17.2 Å². The number of nitrogens with one attached hydrogen (secondary N) is 2. The van der Waals surface area contributed by atoms with E-state index in [9.17, 15) is 9.59 Å². The number of carbonyl (C=O) groups excluding carboxylic acids is 2. The minimum atomic E-state index is -0.662. The maximum absolute atomic E-state index is 12.4. The topological polar surface area (TPSA) is 84.2 Å². The van der Waals surface area contributed by atoms with Gasteiger partial charge < -0.3 is 16.4 Å². The van der Waals surface area contributed by atoms with Crippen LogP contribution in [0.3, 0.4) is 0 Å². The summed E-state index contributed by atoms with van der Waals surface area (Å²) in [6, 6.07) is 9.01. The van der Waals surface area contributed by atoms with Crippen LogP contribution in [0.5, 0.6) is 0 Å². The summed E-state index contributed by atoms with van der Waals surface area (Å²) in [6.07, 6.45) is 2.95. The Morgan fingerprint density at radius 2 is 1.91 bits per heavy atom. The Morgan fingerprint density at radius 3 is 2.41 bits per heavy atom. The largest absolute Gasteiger partial charge is 0.353 e. The van der Waals surface area contributed by atoms with Crippen molar-refractivity contribution in [1.29, 1.82) is 0 Å². The van der Waals surface area contributed by atoms with Gasteiger partial charge in [-0.3, -0.25) is 4.79 Å². The number of nitrogens with two attached hydrogens (primary N) is 1. The minimum Gasteiger partial charge on any atom is -0.353 e. The SMILES string of the molecule is CC[C@H](C)[C@H](NC(N)=O)C(=O)NCC1(c2ccccc2)CC1. The van der Waals surface area contributed by atoms with Crippen LogP contribution in [0.2, 0.25) is 0 Å². The molecule has 120 valence electrons. The molecule has 0 aromatic heterocycles. The molecule has 0 bridgehead atoms. The molecule has 2 rings (SSSR count). The summed E-state index contributed by atoms with van der Waals surface area (Å²) in [5.74, 6) is -0.116. The van der Waals surface area contributed by atoms with E-state index in [0.29, 0.717) is 6.54 Å². The number of hydrogen-bond acceptors (Lipinski definition) is 2. The highest BCUT2D eigenvalue weighted by Gasteiger charge is 2.44. The summed E-state index contributed by atoms with van der Waals surface area (Å²) in [4.78, 5) is 23.5. The Balaban J connectivity index is 1.97. The van der Waals surface area contributed by atoms with Crippen molar-refractivity contribution in [2.45, 2.75) is 44.6 Å². The van der Waals surface area contributed by atoms with E-state index in [1.54, 1.807) is 0 Å². The Labute approximate surface area is 131 Å². The highest BCUT2D eigenvalue weighted by molar-refractivity contribution is 5.86. The second kappa shape index (κ2) is 6.81.